The molecule has 1 aliphatic heterocycles. The summed E-state index contributed by atoms with van der Waals surface area (Å²) in [6, 6.07) is 9.03. The van der Waals surface area contributed by atoms with Crippen LogP contribution in [0.3, 0.4) is 0 Å². The number of nitrogens with zero attached hydrogens (tertiary/aromatic N) is 1. The highest BCUT2D eigenvalue weighted by Gasteiger charge is 2.22. The van der Waals surface area contributed by atoms with Crippen LogP contribution in [0.1, 0.15) is 43.6 Å². The summed E-state index contributed by atoms with van der Waals surface area (Å²) in [5.74, 6) is -1.17. The number of aliphatic imine (C=N–C) groups is 1. The van der Waals surface area contributed by atoms with Crippen LogP contribution in [-0.4, -0.2) is 23.3 Å². The summed E-state index contributed by atoms with van der Waals surface area (Å²) < 4.78 is 14.7. The first-order valence-corrected chi connectivity index (χ1v) is 11.1. The molecule has 0 aliphatic carbocycles. The lowest BCUT2D eigenvalue weighted by molar-refractivity contribution is 0.0364. The molecule has 7 heteroatoms. The Hall–Kier alpha value is -3.16. The monoisotopic (exact) mass is 454 g/mol. The number of halogens is 1. The molecule has 0 radical (unpaired) electrons. The van der Waals surface area contributed by atoms with Gasteiger partial charge in [0.1, 0.15) is 11.6 Å². The second kappa shape index (κ2) is 12.0. The lowest BCUT2D eigenvalue weighted by Crippen LogP contribution is -2.23. The van der Waals surface area contributed by atoms with Gasteiger partial charge in [-0.25, -0.2) is 14.9 Å². The van der Waals surface area contributed by atoms with E-state index in [0.717, 1.165) is 15.9 Å². The minimum absolute atomic E-state index is 0.173. The minimum Gasteiger partial charge on any atom is -0.508 e. The molecule has 2 aromatic rings. The molecule has 2 aromatic carbocycles. The number of amides is 1. The summed E-state index contributed by atoms with van der Waals surface area (Å²) in [5, 5.41) is 9.59. The van der Waals surface area contributed by atoms with E-state index in [1.807, 2.05) is 32.9 Å². The summed E-state index contributed by atoms with van der Waals surface area (Å²) in [6.07, 6.45) is 5.41. The first kappa shape index (κ1) is 25.1. The second-order valence-electron chi connectivity index (χ2n) is 6.26. The van der Waals surface area contributed by atoms with Gasteiger partial charge in [0.05, 0.1) is 18.0 Å². The molecule has 0 atom stereocenters. The number of aromatic hydroxyl groups is 1. The van der Waals surface area contributed by atoms with Gasteiger partial charge in [-0.05, 0) is 44.2 Å². The Morgan fingerprint density at radius 2 is 2.03 bits per heavy atom. The number of hydroxylamine groups is 1. The van der Waals surface area contributed by atoms with Gasteiger partial charge < -0.3 is 5.11 Å². The maximum Gasteiger partial charge on any atom is 0.274 e. The smallest absolute Gasteiger partial charge is 0.274 e. The van der Waals surface area contributed by atoms with E-state index in [2.05, 4.69) is 12.1 Å². The van der Waals surface area contributed by atoms with Crippen molar-refractivity contribution in [2.45, 2.75) is 32.6 Å². The molecule has 0 fully saturated rings. The van der Waals surface area contributed by atoms with Gasteiger partial charge in [-0.15, -0.1) is 0 Å². The van der Waals surface area contributed by atoms with Gasteiger partial charge >= 0.3 is 0 Å². The molecule has 0 aromatic heterocycles. The van der Waals surface area contributed by atoms with E-state index in [9.17, 15) is 14.3 Å². The zero-order valence-corrected chi connectivity index (χ0v) is 19.4. The number of allylic oxidation sites excluding steroid dienone is 4. The van der Waals surface area contributed by atoms with Crippen molar-refractivity contribution in [3.8, 4) is 5.75 Å². The van der Waals surface area contributed by atoms with Gasteiger partial charge in [0, 0.05) is 32.6 Å². The zero-order chi connectivity index (χ0) is 23.7. The molecule has 2 N–H and O–H groups in total. The third-order valence-electron chi connectivity index (χ3n) is 4.23. The Morgan fingerprint density at radius 3 is 2.66 bits per heavy atom. The van der Waals surface area contributed by atoms with Crippen molar-refractivity contribution < 1.29 is 19.1 Å². The third kappa shape index (κ3) is 5.75. The topological polar surface area (TPSA) is 70.9 Å². The molecular weight excluding hydrogens is 427 g/mol. The summed E-state index contributed by atoms with van der Waals surface area (Å²) in [4.78, 5) is 23.6. The molecule has 3 rings (SSSR count). The minimum atomic E-state index is -0.605. The number of rotatable bonds is 6. The van der Waals surface area contributed by atoms with Crippen LogP contribution in [0, 0.1) is 5.82 Å². The first-order valence-electron chi connectivity index (χ1n) is 10.3. The summed E-state index contributed by atoms with van der Waals surface area (Å²) in [6.45, 7) is 11.9. The summed E-state index contributed by atoms with van der Waals surface area (Å²) >= 11 is 1.45. The van der Waals surface area contributed by atoms with E-state index < -0.39 is 11.7 Å². The van der Waals surface area contributed by atoms with Gasteiger partial charge in [-0.2, -0.15) is 0 Å². The Labute approximate surface area is 192 Å². The number of benzene rings is 2. The zero-order valence-electron chi connectivity index (χ0n) is 18.6. The molecule has 0 unspecified atom stereocenters. The Bertz CT molecular complexity index is 1090. The van der Waals surface area contributed by atoms with E-state index in [1.165, 1.54) is 23.9 Å². The Morgan fingerprint density at radius 1 is 1.28 bits per heavy atom. The van der Waals surface area contributed by atoms with Gasteiger partial charge in [0.2, 0.25) is 0 Å². The van der Waals surface area contributed by atoms with Gasteiger partial charge in [0.15, 0.2) is 0 Å². The highest BCUT2D eigenvalue weighted by Crippen LogP contribution is 2.42. The lowest BCUT2D eigenvalue weighted by atomic mass is 10.0. The lowest BCUT2D eigenvalue weighted by Gasteiger charge is -2.10. The van der Waals surface area contributed by atoms with Crippen LogP contribution in [0.2, 0.25) is 0 Å². The molecule has 1 aliphatic rings. The van der Waals surface area contributed by atoms with Crippen LogP contribution < -0.4 is 5.48 Å². The number of thioether (sulfide) groups is 1. The summed E-state index contributed by atoms with van der Waals surface area (Å²) in [5.41, 5.74) is 4.49. The molecule has 0 spiro atoms. The van der Waals surface area contributed by atoms with Crippen molar-refractivity contribution >= 4 is 29.1 Å². The van der Waals surface area contributed by atoms with E-state index in [-0.39, 0.29) is 11.3 Å². The average molecular weight is 455 g/mol. The number of phenolic OH excluding ortho intramolecular Hbond substituents is 1. The molecule has 0 saturated carbocycles. The summed E-state index contributed by atoms with van der Waals surface area (Å²) in [7, 11) is 0. The maximum atomic E-state index is 14.7. The number of carbonyl (C=O) groups is 1. The van der Waals surface area contributed by atoms with E-state index in [0.29, 0.717) is 29.1 Å². The van der Waals surface area contributed by atoms with Gasteiger partial charge in [0.25, 0.3) is 5.91 Å². The number of carbonyl (C=O) groups excluding carboxylic acids is 1. The third-order valence-corrected chi connectivity index (χ3v) is 5.37. The molecule has 32 heavy (non-hydrogen) atoms. The highest BCUT2D eigenvalue weighted by atomic mass is 32.2. The molecule has 0 bridgehead atoms. The second-order valence-corrected chi connectivity index (χ2v) is 7.34. The van der Waals surface area contributed by atoms with Crippen molar-refractivity contribution in [1.29, 1.82) is 0 Å². The molecule has 0 saturated heterocycles. The molecule has 1 amide bonds. The van der Waals surface area contributed by atoms with Crippen LogP contribution in [-0.2, 0) is 4.84 Å². The van der Waals surface area contributed by atoms with Crippen molar-refractivity contribution in [2.24, 2.45) is 4.99 Å². The number of nitrogens with one attached hydrogen (secondary N) is 1. The predicted molar refractivity (Wildman–Crippen MR) is 129 cm³/mol. The number of hydrogen-bond donors (Lipinski definition) is 2. The van der Waals surface area contributed by atoms with E-state index >= 15 is 0 Å². The Balaban J connectivity index is 0.00000176. The fourth-order valence-electron chi connectivity index (χ4n) is 2.87. The molecule has 1 heterocycles. The standard InChI is InChI=1S/C23H21FN2O3S.C2H6/c1-4-7-20-16(5-2)22(17-10-9-15(27)13-18(17)24)25-19-12-14(8-11-21(19)30-20)23(28)26-29-6-3;1-2/h4-5,7-13,27H,2,6H2,1,3H3,(H,26,28);1-2H3/b7-4-;. The van der Waals surface area contributed by atoms with Crippen LogP contribution in [0.4, 0.5) is 10.1 Å². The van der Waals surface area contributed by atoms with Gasteiger partial charge in [-0.3, -0.25) is 9.63 Å². The quantitative estimate of drug-likeness (QED) is 0.490. The maximum absolute atomic E-state index is 14.7. The average Bonchev–Trinajstić information content (AvgIpc) is 2.94. The van der Waals surface area contributed by atoms with Crippen LogP contribution in [0.25, 0.3) is 0 Å². The van der Waals surface area contributed by atoms with E-state index in [4.69, 9.17) is 9.83 Å². The Kier molecular flexibility index (Phi) is 9.43. The van der Waals surface area contributed by atoms with Crippen LogP contribution >= 0.6 is 11.8 Å². The number of phenols is 1. The van der Waals surface area contributed by atoms with Gasteiger partial charge in [-0.1, -0.05) is 50.4 Å². The molecule has 5 nitrogen and oxygen atoms in total. The highest BCUT2D eigenvalue weighted by molar-refractivity contribution is 8.03. The first-order chi connectivity index (χ1) is 15.5. The number of fused-ring (bicyclic) bond motifs is 1. The van der Waals surface area contributed by atoms with Crippen molar-refractivity contribution in [3.63, 3.8) is 0 Å². The predicted octanol–water partition coefficient (Wildman–Crippen LogP) is 6.48. The van der Waals surface area contributed by atoms with Crippen molar-refractivity contribution in [1.82, 2.24) is 5.48 Å². The molecular formula is C25H27FN2O3S. The SMILES string of the molecule is C=CC1=C(/C=C\C)Sc2ccc(C(=O)NOCC)cc2N=C1c1ccc(O)cc1F.CC. The number of hydrogen-bond acceptors (Lipinski definition) is 5. The van der Waals surface area contributed by atoms with E-state index in [1.54, 1.807) is 31.2 Å². The van der Waals surface area contributed by atoms with Crippen LogP contribution in [0.5, 0.6) is 5.75 Å². The normalized spacial score (nSPS) is 13.0. The fraction of sp³-hybridized carbons (Fsp3) is 0.200. The van der Waals surface area contributed by atoms with Crippen LogP contribution in [0.15, 0.2) is 81.6 Å². The fourth-order valence-corrected chi connectivity index (χ4v) is 3.95. The largest absolute Gasteiger partial charge is 0.508 e. The molecule has 168 valence electrons. The van der Waals surface area contributed by atoms with Crippen molar-refractivity contribution in [2.75, 3.05) is 6.61 Å². The van der Waals surface area contributed by atoms with Crippen molar-refractivity contribution in [3.05, 3.63) is 88.6 Å².